The molecule has 0 aliphatic carbocycles. The minimum atomic E-state index is -0.574. The second-order valence-electron chi connectivity index (χ2n) is 4.96. The first kappa shape index (κ1) is 18.1. The molecule has 1 aromatic carbocycles. The standard InChI is InChI=1S/C16H10ClFN2O2S3/c17-11-6-9(3-4-12(11)18)19-14(21)8-20-15(22)13(25-16(20)23)7-10-2-1-5-24-10/h1-7H,8H2,(H,19,21)/b13-7+. The summed E-state index contributed by atoms with van der Waals surface area (Å²) in [4.78, 5) is 27.2. The average Bonchev–Trinajstić information content (AvgIpc) is 3.15. The fraction of sp³-hybridized carbons (Fsp3) is 0.0625. The van der Waals surface area contributed by atoms with Gasteiger partial charge in [-0.3, -0.25) is 14.5 Å². The summed E-state index contributed by atoms with van der Waals surface area (Å²) in [5.74, 6) is -1.33. The molecule has 1 aliphatic rings. The Morgan fingerprint density at radius 2 is 2.20 bits per heavy atom. The molecule has 4 nitrogen and oxygen atoms in total. The summed E-state index contributed by atoms with van der Waals surface area (Å²) in [5.41, 5.74) is 0.343. The summed E-state index contributed by atoms with van der Waals surface area (Å²) in [6.07, 6.45) is 1.75. The van der Waals surface area contributed by atoms with Gasteiger partial charge in [0.2, 0.25) is 5.91 Å². The number of thioether (sulfide) groups is 1. The summed E-state index contributed by atoms with van der Waals surface area (Å²) in [5, 5.41) is 4.38. The van der Waals surface area contributed by atoms with E-state index in [9.17, 15) is 14.0 Å². The minimum absolute atomic E-state index is 0.0951. The molecular weight excluding hydrogens is 403 g/mol. The van der Waals surface area contributed by atoms with Crippen molar-refractivity contribution in [3.05, 3.63) is 56.3 Å². The quantitative estimate of drug-likeness (QED) is 0.598. The van der Waals surface area contributed by atoms with Crippen LogP contribution < -0.4 is 5.32 Å². The Kier molecular flexibility index (Phi) is 5.53. The zero-order valence-corrected chi connectivity index (χ0v) is 15.7. The van der Waals surface area contributed by atoms with Gasteiger partial charge in [-0.25, -0.2) is 4.39 Å². The molecule has 3 rings (SSSR count). The summed E-state index contributed by atoms with van der Waals surface area (Å²) < 4.78 is 13.5. The van der Waals surface area contributed by atoms with Crippen molar-refractivity contribution in [1.82, 2.24) is 4.90 Å². The van der Waals surface area contributed by atoms with E-state index in [-0.39, 0.29) is 17.5 Å². The molecule has 0 radical (unpaired) electrons. The van der Waals surface area contributed by atoms with Crippen LogP contribution in [0.1, 0.15) is 4.88 Å². The number of thiophene rings is 1. The molecule has 0 unspecified atom stereocenters. The maximum Gasteiger partial charge on any atom is 0.266 e. The Hall–Kier alpha value is -1.74. The molecule has 1 fully saturated rings. The number of nitrogens with zero attached hydrogens (tertiary/aromatic N) is 1. The van der Waals surface area contributed by atoms with E-state index in [0.29, 0.717) is 14.9 Å². The molecule has 2 heterocycles. The molecule has 1 aliphatic heterocycles. The lowest BCUT2D eigenvalue weighted by Gasteiger charge is -2.14. The summed E-state index contributed by atoms with van der Waals surface area (Å²) >= 11 is 13.5. The molecule has 1 N–H and O–H groups in total. The third-order valence-electron chi connectivity index (χ3n) is 3.20. The van der Waals surface area contributed by atoms with E-state index in [1.165, 1.54) is 28.4 Å². The third kappa shape index (κ3) is 4.27. The van der Waals surface area contributed by atoms with Gasteiger partial charge in [-0.1, -0.05) is 41.6 Å². The molecule has 2 aromatic rings. The molecule has 0 atom stereocenters. The van der Waals surface area contributed by atoms with Crippen LogP contribution in [0, 0.1) is 5.82 Å². The number of carbonyl (C=O) groups excluding carboxylic acids is 2. The van der Waals surface area contributed by atoms with E-state index < -0.39 is 11.7 Å². The van der Waals surface area contributed by atoms with Crippen molar-refractivity contribution in [1.29, 1.82) is 0 Å². The van der Waals surface area contributed by atoms with Crippen LogP contribution >= 0.6 is 46.9 Å². The highest BCUT2D eigenvalue weighted by molar-refractivity contribution is 8.26. The van der Waals surface area contributed by atoms with E-state index in [2.05, 4.69) is 5.32 Å². The van der Waals surface area contributed by atoms with Gasteiger partial charge in [0.25, 0.3) is 5.91 Å². The first-order chi connectivity index (χ1) is 11.9. The number of halogens is 2. The Bertz CT molecular complexity index is 884. The summed E-state index contributed by atoms with van der Waals surface area (Å²) in [7, 11) is 0. The van der Waals surface area contributed by atoms with Crippen molar-refractivity contribution in [2.45, 2.75) is 0 Å². The number of benzene rings is 1. The second kappa shape index (κ2) is 7.65. The molecule has 25 heavy (non-hydrogen) atoms. The van der Waals surface area contributed by atoms with Crippen molar-refractivity contribution < 1.29 is 14.0 Å². The number of amides is 2. The number of thiocarbonyl (C=S) groups is 1. The highest BCUT2D eigenvalue weighted by atomic mass is 35.5. The van der Waals surface area contributed by atoms with Gasteiger partial charge >= 0.3 is 0 Å². The second-order valence-corrected chi connectivity index (χ2v) is 8.02. The molecule has 1 aromatic heterocycles. The number of hydrogen-bond donors (Lipinski definition) is 1. The number of nitrogens with one attached hydrogen (secondary N) is 1. The van der Waals surface area contributed by atoms with Crippen molar-refractivity contribution in [2.24, 2.45) is 0 Å². The topological polar surface area (TPSA) is 49.4 Å². The lowest BCUT2D eigenvalue weighted by Crippen LogP contribution is -2.36. The molecular formula is C16H10ClFN2O2S3. The van der Waals surface area contributed by atoms with Crippen molar-refractivity contribution in [3.63, 3.8) is 0 Å². The van der Waals surface area contributed by atoms with E-state index in [1.807, 2.05) is 17.5 Å². The van der Waals surface area contributed by atoms with Gasteiger partial charge in [-0.05, 0) is 35.7 Å². The van der Waals surface area contributed by atoms with Crippen LogP contribution in [0.25, 0.3) is 6.08 Å². The van der Waals surface area contributed by atoms with E-state index >= 15 is 0 Å². The summed E-state index contributed by atoms with van der Waals surface area (Å²) in [6.45, 7) is -0.221. The van der Waals surface area contributed by atoms with Crippen LogP contribution in [-0.4, -0.2) is 27.6 Å². The monoisotopic (exact) mass is 412 g/mol. The van der Waals surface area contributed by atoms with Crippen LogP contribution in [0.4, 0.5) is 10.1 Å². The predicted molar refractivity (Wildman–Crippen MR) is 104 cm³/mol. The van der Waals surface area contributed by atoms with Gasteiger partial charge in [-0.2, -0.15) is 0 Å². The van der Waals surface area contributed by atoms with Gasteiger partial charge in [0, 0.05) is 10.6 Å². The molecule has 128 valence electrons. The van der Waals surface area contributed by atoms with Crippen LogP contribution in [-0.2, 0) is 9.59 Å². The molecule has 1 saturated heterocycles. The Morgan fingerprint density at radius 1 is 1.40 bits per heavy atom. The van der Waals surface area contributed by atoms with Gasteiger partial charge < -0.3 is 5.32 Å². The number of hydrogen-bond acceptors (Lipinski definition) is 5. The normalized spacial score (nSPS) is 15.9. The van der Waals surface area contributed by atoms with Crippen LogP contribution in [0.5, 0.6) is 0 Å². The van der Waals surface area contributed by atoms with Gasteiger partial charge in [-0.15, -0.1) is 11.3 Å². The first-order valence-corrected chi connectivity index (χ1v) is 9.46. The summed E-state index contributed by atoms with van der Waals surface area (Å²) in [6, 6.07) is 7.62. The van der Waals surface area contributed by atoms with Crippen LogP contribution in [0.3, 0.4) is 0 Å². The van der Waals surface area contributed by atoms with Crippen molar-refractivity contribution in [2.75, 3.05) is 11.9 Å². The zero-order valence-electron chi connectivity index (χ0n) is 12.5. The van der Waals surface area contributed by atoms with Crippen LogP contribution in [0.2, 0.25) is 5.02 Å². The Morgan fingerprint density at radius 3 is 2.88 bits per heavy atom. The molecule has 2 amide bonds. The fourth-order valence-corrected chi connectivity index (χ4v) is 4.22. The van der Waals surface area contributed by atoms with Crippen molar-refractivity contribution in [3.8, 4) is 0 Å². The van der Waals surface area contributed by atoms with Crippen LogP contribution in [0.15, 0.2) is 40.6 Å². The highest BCUT2D eigenvalue weighted by Gasteiger charge is 2.33. The molecule has 0 saturated carbocycles. The SMILES string of the molecule is O=C(CN1C(=O)/C(=C\c2cccs2)SC1=S)Nc1ccc(F)c(Cl)c1. The van der Waals surface area contributed by atoms with E-state index in [0.717, 1.165) is 22.7 Å². The van der Waals surface area contributed by atoms with Crippen molar-refractivity contribution >= 4 is 74.8 Å². The molecule has 9 heteroatoms. The lowest BCUT2D eigenvalue weighted by molar-refractivity contribution is -0.126. The third-order valence-corrected chi connectivity index (χ3v) is 5.68. The predicted octanol–water partition coefficient (Wildman–Crippen LogP) is 4.38. The Labute approximate surface area is 161 Å². The highest BCUT2D eigenvalue weighted by Crippen LogP contribution is 2.33. The smallest absolute Gasteiger partial charge is 0.266 e. The Balaban J connectivity index is 1.67. The maximum atomic E-state index is 13.1. The fourth-order valence-electron chi connectivity index (χ4n) is 2.06. The molecule has 0 spiro atoms. The number of anilines is 1. The van der Waals surface area contributed by atoms with E-state index in [1.54, 1.807) is 6.08 Å². The number of rotatable bonds is 4. The van der Waals surface area contributed by atoms with E-state index in [4.69, 9.17) is 23.8 Å². The molecule has 0 bridgehead atoms. The first-order valence-electron chi connectivity index (χ1n) is 6.98. The maximum absolute atomic E-state index is 13.1. The average molecular weight is 413 g/mol. The van der Waals surface area contributed by atoms with Gasteiger partial charge in [0.15, 0.2) is 0 Å². The lowest BCUT2D eigenvalue weighted by atomic mass is 10.3. The van der Waals surface area contributed by atoms with Gasteiger partial charge in [0.1, 0.15) is 16.7 Å². The van der Waals surface area contributed by atoms with Gasteiger partial charge in [0.05, 0.1) is 9.93 Å². The minimum Gasteiger partial charge on any atom is -0.324 e. The zero-order chi connectivity index (χ0) is 18.0. The number of carbonyl (C=O) groups is 2. The largest absolute Gasteiger partial charge is 0.324 e.